The lowest BCUT2D eigenvalue weighted by molar-refractivity contribution is 0.407. The van der Waals surface area contributed by atoms with Gasteiger partial charge >= 0.3 is 0 Å². The SMILES string of the molecule is COc1ccc([C@@H](C)Nc2cnn(C)c2)cc1Cn1cccn1. The van der Waals surface area contributed by atoms with Crippen molar-refractivity contribution >= 4 is 5.69 Å². The largest absolute Gasteiger partial charge is 0.496 e. The van der Waals surface area contributed by atoms with Gasteiger partial charge in [0, 0.05) is 37.2 Å². The van der Waals surface area contributed by atoms with E-state index in [0.29, 0.717) is 6.54 Å². The number of hydrogen-bond donors (Lipinski definition) is 1. The van der Waals surface area contributed by atoms with Gasteiger partial charge in [0.05, 0.1) is 25.5 Å². The summed E-state index contributed by atoms with van der Waals surface area (Å²) in [4.78, 5) is 0. The summed E-state index contributed by atoms with van der Waals surface area (Å²) in [7, 11) is 3.60. The second-order valence-corrected chi connectivity index (χ2v) is 5.54. The zero-order chi connectivity index (χ0) is 16.2. The topological polar surface area (TPSA) is 56.9 Å². The number of benzene rings is 1. The summed E-state index contributed by atoms with van der Waals surface area (Å²) in [5.41, 5.74) is 3.30. The zero-order valence-electron chi connectivity index (χ0n) is 13.6. The molecule has 0 spiro atoms. The monoisotopic (exact) mass is 311 g/mol. The highest BCUT2D eigenvalue weighted by Gasteiger charge is 2.11. The minimum absolute atomic E-state index is 0.168. The molecular formula is C17H21N5O. The average Bonchev–Trinajstić information content (AvgIpc) is 3.19. The van der Waals surface area contributed by atoms with Gasteiger partial charge in [-0.15, -0.1) is 0 Å². The molecule has 0 fully saturated rings. The molecule has 0 radical (unpaired) electrons. The predicted molar refractivity (Wildman–Crippen MR) is 89.6 cm³/mol. The Morgan fingerprint density at radius 2 is 2.17 bits per heavy atom. The zero-order valence-corrected chi connectivity index (χ0v) is 13.6. The fourth-order valence-electron chi connectivity index (χ4n) is 2.59. The quantitative estimate of drug-likeness (QED) is 0.760. The van der Waals surface area contributed by atoms with Gasteiger partial charge < -0.3 is 10.1 Å². The standard InChI is InChI=1S/C17H21N5O/c1-13(20-16-10-19-21(2)12-16)14-5-6-17(23-3)15(9-14)11-22-8-4-7-18-22/h4-10,12-13,20H,11H2,1-3H3/t13-/m1/s1. The van der Waals surface area contributed by atoms with E-state index in [-0.39, 0.29) is 6.04 Å². The molecule has 0 bridgehead atoms. The third kappa shape index (κ3) is 3.53. The smallest absolute Gasteiger partial charge is 0.123 e. The second-order valence-electron chi connectivity index (χ2n) is 5.54. The van der Waals surface area contributed by atoms with Gasteiger partial charge in [0.1, 0.15) is 5.75 Å². The van der Waals surface area contributed by atoms with Crippen LogP contribution < -0.4 is 10.1 Å². The Morgan fingerprint density at radius 1 is 1.30 bits per heavy atom. The van der Waals surface area contributed by atoms with Crippen LogP contribution in [0.25, 0.3) is 0 Å². The lowest BCUT2D eigenvalue weighted by Crippen LogP contribution is -2.08. The Labute approximate surface area is 135 Å². The maximum atomic E-state index is 5.48. The van der Waals surface area contributed by atoms with E-state index in [1.807, 2.05) is 42.5 Å². The maximum absolute atomic E-state index is 5.48. The summed E-state index contributed by atoms with van der Waals surface area (Å²) in [6.07, 6.45) is 7.52. The van der Waals surface area contributed by atoms with Gasteiger partial charge in [0.15, 0.2) is 0 Å². The van der Waals surface area contributed by atoms with E-state index in [1.165, 1.54) is 5.56 Å². The van der Waals surface area contributed by atoms with E-state index in [1.54, 1.807) is 18.0 Å². The molecule has 0 saturated carbocycles. The number of anilines is 1. The molecule has 1 N–H and O–H groups in total. The van der Waals surface area contributed by atoms with Crippen LogP contribution in [0.2, 0.25) is 0 Å². The van der Waals surface area contributed by atoms with Crippen molar-refractivity contribution in [3.63, 3.8) is 0 Å². The molecule has 0 unspecified atom stereocenters. The van der Waals surface area contributed by atoms with Crippen molar-refractivity contribution < 1.29 is 4.74 Å². The molecule has 0 aliphatic rings. The van der Waals surface area contributed by atoms with Crippen LogP contribution in [0, 0.1) is 0 Å². The molecule has 3 aromatic rings. The number of rotatable bonds is 6. The third-order valence-corrected chi connectivity index (χ3v) is 3.78. The van der Waals surface area contributed by atoms with E-state index < -0.39 is 0 Å². The number of ether oxygens (including phenoxy) is 1. The molecule has 2 heterocycles. The number of nitrogens with one attached hydrogen (secondary N) is 1. The van der Waals surface area contributed by atoms with Crippen LogP contribution in [0.1, 0.15) is 24.1 Å². The van der Waals surface area contributed by atoms with Crippen molar-refractivity contribution in [2.24, 2.45) is 7.05 Å². The van der Waals surface area contributed by atoms with E-state index in [4.69, 9.17) is 4.74 Å². The van der Waals surface area contributed by atoms with Crippen LogP contribution in [-0.2, 0) is 13.6 Å². The number of aromatic nitrogens is 4. The van der Waals surface area contributed by atoms with E-state index in [9.17, 15) is 0 Å². The molecule has 0 aliphatic heterocycles. The first-order chi connectivity index (χ1) is 11.2. The molecule has 0 saturated heterocycles. The first kappa shape index (κ1) is 15.1. The second kappa shape index (κ2) is 6.56. The molecule has 23 heavy (non-hydrogen) atoms. The lowest BCUT2D eigenvalue weighted by atomic mass is 10.0. The highest BCUT2D eigenvalue weighted by molar-refractivity contribution is 5.44. The van der Waals surface area contributed by atoms with Crippen LogP contribution in [-0.4, -0.2) is 26.7 Å². The molecule has 6 heteroatoms. The van der Waals surface area contributed by atoms with Crippen LogP contribution >= 0.6 is 0 Å². The van der Waals surface area contributed by atoms with E-state index in [2.05, 4.69) is 34.6 Å². The normalized spacial score (nSPS) is 12.1. The van der Waals surface area contributed by atoms with Crippen molar-refractivity contribution in [2.45, 2.75) is 19.5 Å². The van der Waals surface area contributed by atoms with Gasteiger partial charge in [0.25, 0.3) is 0 Å². The Morgan fingerprint density at radius 3 is 2.83 bits per heavy atom. The minimum atomic E-state index is 0.168. The number of methoxy groups -OCH3 is 1. The summed E-state index contributed by atoms with van der Waals surface area (Å²) in [6, 6.07) is 8.34. The van der Waals surface area contributed by atoms with Gasteiger partial charge in [-0.3, -0.25) is 9.36 Å². The Hall–Kier alpha value is -2.76. The third-order valence-electron chi connectivity index (χ3n) is 3.78. The first-order valence-corrected chi connectivity index (χ1v) is 7.55. The maximum Gasteiger partial charge on any atom is 0.123 e. The van der Waals surface area contributed by atoms with Gasteiger partial charge in [-0.1, -0.05) is 6.07 Å². The van der Waals surface area contributed by atoms with Crippen LogP contribution in [0.5, 0.6) is 5.75 Å². The first-order valence-electron chi connectivity index (χ1n) is 7.55. The Kier molecular flexibility index (Phi) is 4.32. The molecule has 0 aliphatic carbocycles. The number of aryl methyl sites for hydroxylation is 1. The minimum Gasteiger partial charge on any atom is -0.496 e. The summed E-state index contributed by atoms with van der Waals surface area (Å²) in [5, 5.41) is 11.9. The van der Waals surface area contributed by atoms with E-state index >= 15 is 0 Å². The van der Waals surface area contributed by atoms with Crippen molar-refractivity contribution in [2.75, 3.05) is 12.4 Å². The molecule has 120 valence electrons. The molecule has 2 aromatic heterocycles. The highest BCUT2D eigenvalue weighted by atomic mass is 16.5. The molecule has 1 atom stereocenters. The predicted octanol–water partition coefficient (Wildman–Crippen LogP) is 2.85. The summed E-state index contributed by atoms with van der Waals surface area (Å²) >= 11 is 0. The Bertz CT molecular complexity index is 763. The number of nitrogens with zero attached hydrogens (tertiary/aromatic N) is 4. The average molecular weight is 311 g/mol. The van der Waals surface area contributed by atoms with Gasteiger partial charge in [0.2, 0.25) is 0 Å². The van der Waals surface area contributed by atoms with Gasteiger partial charge in [-0.25, -0.2) is 0 Å². The molecule has 6 nitrogen and oxygen atoms in total. The summed E-state index contributed by atoms with van der Waals surface area (Å²) in [5.74, 6) is 0.873. The van der Waals surface area contributed by atoms with Crippen molar-refractivity contribution in [3.05, 3.63) is 60.2 Å². The molecule has 0 amide bonds. The van der Waals surface area contributed by atoms with Gasteiger partial charge in [-0.2, -0.15) is 10.2 Å². The fourth-order valence-corrected chi connectivity index (χ4v) is 2.59. The fraction of sp³-hybridized carbons (Fsp3) is 0.294. The highest BCUT2D eigenvalue weighted by Crippen LogP contribution is 2.26. The van der Waals surface area contributed by atoms with Crippen LogP contribution in [0.3, 0.4) is 0 Å². The lowest BCUT2D eigenvalue weighted by Gasteiger charge is -2.17. The molecule has 3 rings (SSSR count). The number of hydrogen-bond acceptors (Lipinski definition) is 4. The molecule has 1 aromatic carbocycles. The van der Waals surface area contributed by atoms with Crippen molar-refractivity contribution in [3.8, 4) is 5.75 Å². The molecular weight excluding hydrogens is 290 g/mol. The van der Waals surface area contributed by atoms with Crippen molar-refractivity contribution in [1.82, 2.24) is 19.6 Å². The van der Waals surface area contributed by atoms with E-state index in [0.717, 1.165) is 17.0 Å². The van der Waals surface area contributed by atoms with Crippen molar-refractivity contribution in [1.29, 1.82) is 0 Å². The summed E-state index contributed by atoms with van der Waals surface area (Å²) < 4.78 is 9.15. The summed E-state index contributed by atoms with van der Waals surface area (Å²) in [6.45, 7) is 2.82. The van der Waals surface area contributed by atoms with Crippen LogP contribution in [0.4, 0.5) is 5.69 Å². The van der Waals surface area contributed by atoms with Crippen LogP contribution in [0.15, 0.2) is 49.1 Å². The Balaban J connectivity index is 1.81. The van der Waals surface area contributed by atoms with Gasteiger partial charge in [-0.05, 0) is 30.7 Å².